The molecule has 1 aromatic carbocycles. The molecular weight excluding hydrogens is 349 g/mol. The molecule has 0 aliphatic rings. The van der Waals surface area contributed by atoms with Crippen LogP contribution in [-0.2, 0) is 16.6 Å². The number of nitrogens with one attached hydrogen (secondary N) is 1. The first kappa shape index (κ1) is 15.1. The second kappa shape index (κ2) is 6.47. The Hall–Kier alpha value is -1.25. The van der Waals surface area contributed by atoms with E-state index in [1.54, 1.807) is 23.1 Å². The van der Waals surface area contributed by atoms with Gasteiger partial charge in [-0.1, -0.05) is 0 Å². The Morgan fingerprint density at radius 3 is 2.85 bits per heavy atom. The third-order valence-corrected chi connectivity index (χ3v) is 4.72. The average Bonchev–Trinajstić information content (AvgIpc) is 2.91. The van der Waals surface area contributed by atoms with Crippen molar-refractivity contribution in [1.82, 2.24) is 14.5 Å². The fourth-order valence-electron chi connectivity index (χ4n) is 1.61. The summed E-state index contributed by atoms with van der Waals surface area (Å²) in [6.45, 7) is 0.879. The van der Waals surface area contributed by atoms with Gasteiger partial charge in [-0.05, 0) is 46.6 Å². The van der Waals surface area contributed by atoms with Crippen molar-refractivity contribution >= 4 is 26.0 Å². The van der Waals surface area contributed by atoms with Gasteiger partial charge in [0.05, 0.1) is 9.37 Å². The van der Waals surface area contributed by atoms with E-state index >= 15 is 0 Å². The summed E-state index contributed by atoms with van der Waals surface area (Å²) in [5, 5.41) is 4.01. The molecule has 0 spiro atoms. The van der Waals surface area contributed by atoms with Crippen LogP contribution in [0.1, 0.15) is 6.42 Å². The van der Waals surface area contributed by atoms with Gasteiger partial charge in [0.1, 0.15) is 5.82 Å². The van der Waals surface area contributed by atoms with E-state index in [0.29, 0.717) is 13.0 Å². The van der Waals surface area contributed by atoms with Crippen LogP contribution in [0.15, 0.2) is 46.0 Å². The lowest BCUT2D eigenvalue weighted by molar-refractivity contribution is 0.551. The van der Waals surface area contributed by atoms with E-state index in [4.69, 9.17) is 0 Å². The first-order valence-electron chi connectivity index (χ1n) is 5.91. The van der Waals surface area contributed by atoms with Gasteiger partial charge >= 0.3 is 0 Å². The lowest BCUT2D eigenvalue weighted by atomic mass is 10.3. The predicted molar refractivity (Wildman–Crippen MR) is 76.1 cm³/mol. The predicted octanol–water partition coefficient (Wildman–Crippen LogP) is 2.15. The van der Waals surface area contributed by atoms with E-state index < -0.39 is 15.8 Å². The molecule has 1 N–H and O–H groups in total. The summed E-state index contributed by atoms with van der Waals surface area (Å²) in [5.74, 6) is -0.607. The summed E-state index contributed by atoms with van der Waals surface area (Å²) in [6, 6.07) is 5.51. The van der Waals surface area contributed by atoms with Gasteiger partial charge in [-0.15, -0.1) is 0 Å². The number of aryl methyl sites for hydroxylation is 1. The normalized spacial score (nSPS) is 11.7. The summed E-state index contributed by atoms with van der Waals surface area (Å²) in [4.78, 5) is -0.0858. The van der Waals surface area contributed by atoms with Gasteiger partial charge in [0.15, 0.2) is 0 Å². The highest BCUT2D eigenvalue weighted by Gasteiger charge is 2.15. The van der Waals surface area contributed by atoms with Gasteiger partial charge in [0, 0.05) is 25.5 Å². The topological polar surface area (TPSA) is 64.0 Å². The van der Waals surface area contributed by atoms with Crippen molar-refractivity contribution in [3.8, 4) is 0 Å². The number of benzene rings is 1. The largest absolute Gasteiger partial charge is 0.273 e. The Kier molecular flexibility index (Phi) is 4.90. The zero-order valence-electron chi connectivity index (χ0n) is 10.5. The molecule has 0 fully saturated rings. The van der Waals surface area contributed by atoms with Crippen molar-refractivity contribution < 1.29 is 12.8 Å². The lowest BCUT2D eigenvalue weighted by Crippen LogP contribution is -2.25. The number of nitrogens with zero attached hydrogens (tertiary/aromatic N) is 2. The Balaban J connectivity index is 1.92. The van der Waals surface area contributed by atoms with Crippen molar-refractivity contribution in [1.29, 1.82) is 0 Å². The molecule has 0 unspecified atom stereocenters. The average molecular weight is 362 g/mol. The smallest absolute Gasteiger partial charge is 0.240 e. The van der Waals surface area contributed by atoms with E-state index in [0.717, 1.165) is 6.07 Å². The summed E-state index contributed by atoms with van der Waals surface area (Å²) in [7, 11) is -3.68. The zero-order chi connectivity index (χ0) is 14.6. The minimum Gasteiger partial charge on any atom is -0.273 e. The molecule has 0 saturated heterocycles. The maximum Gasteiger partial charge on any atom is 0.240 e. The van der Waals surface area contributed by atoms with Gasteiger partial charge in [0.2, 0.25) is 10.0 Å². The molecular formula is C12H13BrFN3O2S. The van der Waals surface area contributed by atoms with Crippen LogP contribution in [0.2, 0.25) is 0 Å². The first-order valence-corrected chi connectivity index (χ1v) is 8.19. The van der Waals surface area contributed by atoms with Crippen LogP contribution in [0, 0.1) is 5.82 Å². The van der Waals surface area contributed by atoms with Gasteiger partial charge in [-0.2, -0.15) is 5.10 Å². The molecule has 1 aromatic heterocycles. The van der Waals surface area contributed by atoms with E-state index in [1.807, 2.05) is 0 Å². The second-order valence-corrected chi connectivity index (χ2v) is 6.72. The zero-order valence-corrected chi connectivity index (χ0v) is 12.9. The monoisotopic (exact) mass is 361 g/mol. The molecule has 0 saturated carbocycles. The van der Waals surface area contributed by atoms with Crippen LogP contribution < -0.4 is 4.72 Å². The third-order valence-electron chi connectivity index (χ3n) is 2.62. The molecule has 0 amide bonds. The fourth-order valence-corrected chi connectivity index (χ4v) is 2.94. The number of aromatic nitrogens is 2. The Bertz CT molecular complexity index is 674. The molecule has 0 radical (unpaired) electrons. The molecule has 0 aliphatic carbocycles. The minimum absolute atomic E-state index is 0.0858. The maximum atomic E-state index is 13.3. The van der Waals surface area contributed by atoms with Crippen LogP contribution in [-0.4, -0.2) is 24.7 Å². The van der Waals surface area contributed by atoms with Crippen LogP contribution in [0.4, 0.5) is 4.39 Å². The molecule has 0 aliphatic heterocycles. The molecule has 2 rings (SSSR count). The minimum atomic E-state index is -3.68. The number of hydrogen-bond acceptors (Lipinski definition) is 3. The molecule has 0 atom stereocenters. The van der Waals surface area contributed by atoms with Crippen LogP contribution in [0.25, 0.3) is 0 Å². The number of sulfonamides is 1. The highest BCUT2D eigenvalue weighted by molar-refractivity contribution is 9.10. The summed E-state index contributed by atoms with van der Waals surface area (Å²) in [5.41, 5.74) is 0. The van der Waals surface area contributed by atoms with Crippen molar-refractivity contribution in [3.05, 3.63) is 46.9 Å². The molecule has 2 aromatic rings. The van der Waals surface area contributed by atoms with Crippen molar-refractivity contribution in [2.75, 3.05) is 6.54 Å². The molecule has 5 nitrogen and oxygen atoms in total. The summed E-state index contributed by atoms with van der Waals surface area (Å²) in [6.07, 6.45) is 4.06. The lowest BCUT2D eigenvalue weighted by Gasteiger charge is -2.07. The van der Waals surface area contributed by atoms with Gasteiger partial charge < -0.3 is 0 Å². The number of rotatable bonds is 6. The Morgan fingerprint density at radius 1 is 1.40 bits per heavy atom. The maximum absolute atomic E-state index is 13.3. The van der Waals surface area contributed by atoms with Gasteiger partial charge in [0.25, 0.3) is 0 Å². The van der Waals surface area contributed by atoms with Crippen molar-refractivity contribution in [3.63, 3.8) is 0 Å². The Labute approximate surface area is 125 Å². The first-order chi connectivity index (χ1) is 9.49. The van der Waals surface area contributed by atoms with Crippen LogP contribution >= 0.6 is 15.9 Å². The Morgan fingerprint density at radius 2 is 2.20 bits per heavy atom. The molecule has 20 heavy (non-hydrogen) atoms. The fraction of sp³-hybridized carbons (Fsp3) is 0.250. The molecule has 8 heteroatoms. The van der Waals surface area contributed by atoms with E-state index in [9.17, 15) is 12.8 Å². The van der Waals surface area contributed by atoms with E-state index in [-0.39, 0.29) is 15.9 Å². The highest BCUT2D eigenvalue weighted by atomic mass is 79.9. The number of halogens is 2. The van der Waals surface area contributed by atoms with Gasteiger partial charge in [-0.25, -0.2) is 17.5 Å². The van der Waals surface area contributed by atoms with E-state index in [2.05, 4.69) is 25.8 Å². The quantitative estimate of drug-likeness (QED) is 0.801. The van der Waals surface area contributed by atoms with E-state index in [1.165, 1.54) is 12.1 Å². The standard InChI is InChI=1S/C12H13BrFN3O2S/c13-11-4-3-10(9-12(11)14)20(18,19)16-6-2-8-17-7-1-5-15-17/h1,3-5,7,9,16H,2,6,8H2. The number of hydrogen-bond donors (Lipinski definition) is 1. The summed E-state index contributed by atoms with van der Waals surface area (Å²) >= 11 is 2.98. The van der Waals surface area contributed by atoms with Crippen molar-refractivity contribution in [2.45, 2.75) is 17.9 Å². The highest BCUT2D eigenvalue weighted by Crippen LogP contribution is 2.19. The van der Waals surface area contributed by atoms with Crippen LogP contribution in [0.5, 0.6) is 0 Å². The second-order valence-electron chi connectivity index (χ2n) is 4.10. The molecule has 1 heterocycles. The van der Waals surface area contributed by atoms with Gasteiger partial charge in [-0.3, -0.25) is 4.68 Å². The van der Waals surface area contributed by atoms with Crippen LogP contribution in [0.3, 0.4) is 0 Å². The van der Waals surface area contributed by atoms with Crippen molar-refractivity contribution in [2.24, 2.45) is 0 Å². The molecule has 0 bridgehead atoms. The third kappa shape index (κ3) is 3.87. The summed E-state index contributed by atoms with van der Waals surface area (Å²) < 4.78 is 41.6. The molecule has 108 valence electrons. The SMILES string of the molecule is O=S(=O)(NCCCn1cccn1)c1ccc(Br)c(F)c1.